The van der Waals surface area contributed by atoms with Crippen molar-refractivity contribution in [1.82, 2.24) is 10.2 Å². The Morgan fingerprint density at radius 1 is 1.50 bits per heavy atom. The first-order valence-electron chi connectivity index (χ1n) is 6.97. The number of rotatable bonds is 7. The Morgan fingerprint density at radius 2 is 2.11 bits per heavy atom. The van der Waals surface area contributed by atoms with E-state index in [-0.39, 0.29) is 6.54 Å². The second-order valence-corrected chi connectivity index (χ2v) is 5.29. The summed E-state index contributed by atoms with van der Waals surface area (Å²) in [6, 6.07) is 0.322. The molecule has 0 aromatic heterocycles. The molecule has 0 spiro atoms. The van der Waals surface area contributed by atoms with E-state index in [2.05, 4.69) is 24.1 Å². The van der Waals surface area contributed by atoms with E-state index in [0.29, 0.717) is 12.0 Å². The monoisotopic (exact) mass is 257 g/mol. The highest BCUT2D eigenvalue weighted by Crippen LogP contribution is 2.20. The minimum atomic E-state index is -1.08. The summed E-state index contributed by atoms with van der Waals surface area (Å²) in [5, 5.41) is 12.6. The molecule has 1 aliphatic rings. The lowest BCUT2D eigenvalue weighted by molar-refractivity contribution is -0.125. The van der Waals surface area contributed by atoms with Crippen LogP contribution >= 0.6 is 0 Å². The number of likely N-dealkylation sites (tertiary alicyclic amines) is 1. The van der Waals surface area contributed by atoms with E-state index in [1.54, 1.807) is 0 Å². The van der Waals surface area contributed by atoms with Gasteiger partial charge in [0.2, 0.25) is 5.91 Å². The minimum Gasteiger partial charge on any atom is -0.382 e. The van der Waals surface area contributed by atoms with Crippen molar-refractivity contribution in [3.8, 4) is 0 Å². The molecule has 1 amide bonds. The predicted molar refractivity (Wildman–Crippen MR) is 72.1 cm³/mol. The number of hydrogen-bond acceptors (Lipinski definition) is 4. The molecule has 2 atom stereocenters. The number of carbonyl (C=O) groups excluding carboxylic acids is 1. The Balaban J connectivity index is 2.23. The number of piperidine rings is 1. The molecule has 0 radical (unpaired) electrons. The van der Waals surface area contributed by atoms with Gasteiger partial charge in [0.15, 0.2) is 0 Å². The fraction of sp³-hybridized carbons (Fsp3) is 0.923. The number of primary amides is 1. The minimum absolute atomic E-state index is 0.256. The number of nitrogens with one attached hydrogen (secondary N) is 1. The number of nitrogens with two attached hydrogens (primary N) is 1. The van der Waals surface area contributed by atoms with Gasteiger partial charge in [-0.15, -0.1) is 0 Å². The lowest BCUT2D eigenvalue weighted by Crippen LogP contribution is -2.46. The molecular weight excluding hydrogens is 230 g/mol. The predicted octanol–water partition coefficient (Wildman–Crippen LogP) is -0.0673. The van der Waals surface area contributed by atoms with Crippen LogP contribution in [0.1, 0.15) is 33.1 Å². The van der Waals surface area contributed by atoms with Crippen molar-refractivity contribution >= 4 is 5.91 Å². The second kappa shape index (κ2) is 7.71. The van der Waals surface area contributed by atoms with E-state index in [0.717, 1.165) is 13.1 Å². The highest BCUT2D eigenvalue weighted by Gasteiger charge is 2.24. The highest BCUT2D eigenvalue weighted by molar-refractivity contribution is 5.78. The molecule has 0 saturated carbocycles. The van der Waals surface area contributed by atoms with Crippen LogP contribution < -0.4 is 11.1 Å². The molecule has 0 aromatic carbocycles. The molecule has 0 aromatic rings. The fourth-order valence-electron chi connectivity index (χ4n) is 2.56. The summed E-state index contributed by atoms with van der Waals surface area (Å²) in [7, 11) is 0. The average molecular weight is 257 g/mol. The number of aliphatic hydroxyl groups excluding tert-OH is 1. The van der Waals surface area contributed by atoms with Crippen molar-refractivity contribution < 1.29 is 9.90 Å². The third kappa shape index (κ3) is 4.92. The number of nitrogens with zero attached hydrogens (tertiary/aromatic N) is 1. The van der Waals surface area contributed by atoms with E-state index in [9.17, 15) is 9.90 Å². The molecule has 1 heterocycles. The Bertz CT molecular complexity index is 253. The molecule has 18 heavy (non-hydrogen) atoms. The van der Waals surface area contributed by atoms with Gasteiger partial charge in [0, 0.05) is 12.6 Å². The number of amides is 1. The van der Waals surface area contributed by atoms with Crippen molar-refractivity contribution in [2.75, 3.05) is 26.2 Å². The van der Waals surface area contributed by atoms with E-state index in [4.69, 9.17) is 5.73 Å². The van der Waals surface area contributed by atoms with Gasteiger partial charge in [0.1, 0.15) is 6.10 Å². The zero-order chi connectivity index (χ0) is 13.5. The molecule has 106 valence electrons. The van der Waals surface area contributed by atoms with Gasteiger partial charge < -0.3 is 21.1 Å². The first kappa shape index (κ1) is 15.4. The summed E-state index contributed by atoms with van der Waals surface area (Å²) < 4.78 is 0. The van der Waals surface area contributed by atoms with Gasteiger partial charge in [0.05, 0.1) is 0 Å². The van der Waals surface area contributed by atoms with Crippen LogP contribution in [0.15, 0.2) is 0 Å². The average Bonchev–Trinajstić information content (AvgIpc) is 2.36. The normalized spacial score (nSPS) is 21.7. The summed E-state index contributed by atoms with van der Waals surface area (Å²) in [5.74, 6) is -0.0364. The molecule has 1 fully saturated rings. The second-order valence-electron chi connectivity index (χ2n) is 5.29. The van der Waals surface area contributed by atoms with Gasteiger partial charge in [0.25, 0.3) is 0 Å². The van der Waals surface area contributed by atoms with Crippen LogP contribution in [0.2, 0.25) is 0 Å². The lowest BCUT2D eigenvalue weighted by Gasteiger charge is -2.35. The van der Waals surface area contributed by atoms with E-state index >= 15 is 0 Å². The van der Waals surface area contributed by atoms with Crippen molar-refractivity contribution in [2.24, 2.45) is 11.7 Å². The van der Waals surface area contributed by atoms with Crippen molar-refractivity contribution in [3.05, 3.63) is 0 Å². The van der Waals surface area contributed by atoms with E-state index < -0.39 is 12.0 Å². The first-order chi connectivity index (χ1) is 8.54. The Hall–Kier alpha value is -0.650. The molecule has 1 saturated heterocycles. The summed E-state index contributed by atoms with van der Waals surface area (Å²) in [4.78, 5) is 13.2. The van der Waals surface area contributed by atoms with Crippen molar-refractivity contribution in [3.63, 3.8) is 0 Å². The van der Waals surface area contributed by atoms with Gasteiger partial charge >= 0.3 is 0 Å². The zero-order valence-electron chi connectivity index (χ0n) is 11.6. The van der Waals surface area contributed by atoms with E-state index in [1.165, 1.54) is 25.8 Å². The molecule has 2 unspecified atom stereocenters. The van der Waals surface area contributed by atoms with Gasteiger partial charge in [-0.2, -0.15) is 0 Å². The maximum atomic E-state index is 10.7. The maximum absolute atomic E-state index is 10.7. The van der Waals surface area contributed by atoms with Crippen LogP contribution in [0.5, 0.6) is 0 Å². The topological polar surface area (TPSA) is 78.6 Å². The highest BCUT2D eigenvalue weighted by atomic mass is 16.3. The van der Waals surface area contributed by atoms with Gasteiger partial charge in [-0.05, 0) is 51.7 Å². The number of carbonyl (C=O) groups is 1. The Labute approximate surface area is 110 Å². The molecule has 1 aliphatic heterocycles. The third-order valence-corrected chi connectivity index (χ3v) is 3.84. The van der Waals surface area contributed by atoms with Crippen LogP contribution in [-0.2, 0) is 4.79 Å². The van der Waals surface area contributed by atoms with Gasteiger partial charge in [-0.3, -0.25) is 4.79 Å². The summed E-state index contributed by atoms with van der Waals surface area (Å²) >= 11 is 0. The molecule has 1 rings (SSSR count). The fourth-order valence-corrected chi connectivity index (χ4v) is 2.56. The van der Waals surface area contributed by atoms with Crippen LogP contribution in [0.4, 0.5) is 0 Å². The third-order valence-electron chi connectivity index (χ3n) is 3.84. The smallest absolute Gasteiger partial charge is 0.247 e. The van der Waals surface area contributed by atoms with Crippen LogP contribution in [0.3, 0.4) is 0 Å². The number of aliphatic hydroxyl groups is 1. The van der Waals surface area contributed by atoms with Crippen molar-refractivity contribution in [2.45, 2.75) is 45.3 Å². The molecular formula is C13H27N3O2. The SMILES string of the molecule is CCCN1CCC(C(C)NCC(O)C(N)=O)CC1. The zero-order valence-corrected chi connectivity index (χ0v) is 11.6. The molecule has 0 bridgehead atoms. The number of hydrogen-bond donors (Lipinski definition) is 3. The van der Waals surface area contributed by atoms with Gasteiger partial charge in [-0.25, -0.2) is 0 Å². The Kier molecular flexibility index (Phi) is 6.60. The van der Waals surface area contributed by atoms with Crippen LogP contribution in [-0.4, -0.2) is 54.2 Å². The van der Waals surface area contributed by atoms with Crippen LogP contribution in [0, 0.1) is 5.92 Å². The molecule has 5 nitrogen and oxygen atoms in total. The summed E-state index contributed by atoms with van der Waals surface area (Å²) in [6.07, 6.45) is 2.50. The summed E-state index contributed by atoms with van der Waals surface area (Å²) in [6.45, 7) is 8.09. The standard InChI is InChI=1S/C13H27N3O2/c1-3-6-16-7-4-11(5-8-16)10(2)15-9-12(17)13(14)18/h10-12,15,17H,3-9H2,1-2H3,(H2,14,18). The maximum Gasteiger partial charge on any atom is 0.247 e. The quantitative estimate of drug-likeness (QED) is 0.597. The van der Waals surface area contributed by atoms with Crippen LogP contribution in [0.25, 0.3) is 0 Å². The largest absolute Gasteiger partial charge is 0.382 e. The van der Waals surface area contributed by atoms with Gasteiger partial charge in [-0.1, -0.05) is 6.92 Å². The molecule has 4 N–H and O–H groups in total. The van der Waals surface area contributed by atoms with E-state index in [1.807, 2.05) is 0 Å². The molecule has 0 aliphatic carbocycles. The first-order valence-corrected chi connectivity index (χ1v) is 6.97. The Morgan fingerprint density at radius 3 is 2.61 bits per heavy atom. The summed E-state index contributed by atoms with van der Waals surface area (Å²) in [5.41, 5.74) is 5.02. The molecule has 5 heteroatoms. The lowest BCUT2D eigenvalue weighted by atomic mass is 9.90. The van der Waals surface area contributed by atoms with Crippen molar-refractivity contribution in [1.29, 1.82) is 0 Å².